The highest BCUT2D eigenvalue weighted by Crippen LogP contribution is 2.30. The van der Waals surface area contributed by atoms with E-state index in [4.69, 9.17) is 4.74 Å². The Morgan fingerprint density at radius 2 is 1.78 bits per heavy atom. The maximum absolute atomic E-state index is 13.0. The Kier molecular flexibility index (Phi) is 5.83. The number of hydrogen-bond acceptors (Lipinski definition) is 5. The van der Waals surface area contributed by atoms with Gasteiger partial charge in [0.05, 0.1) is 17.8 Å². The Balaban J connectivity index is 1.70. The monoisotopic (exact) mass is 430 g/mol. The van der Waals surface area contributed by atoms with Crippen molar-refractivity contribution >= 4 is 40.1 Å². The number of allylic oxidation sites excluding steroid dienone is 1. The summed E-state index contributed by atoms with van der Waals surface area (Å²) in [5, 5.41) is 0.828. The molecule has 7 heteroatoms. The van der Waals surface area contributed by atoms with Crippen molar-refractivity contribution in [3.63, 3.8) is 0 Å². The first-order chi connectivity index (χ1) is 15.4. The molecule has 0 spiro atoms. The molecule has 1 unspecified atom stereocenters. The second kappa shape index (κ2) is 8.72. The second-order valence-corrected chi connectivity index (χ2v) is 7.56. The molecule has 4 rings (SSSR count). The molecule has 0 N–H and O–H groups in total. The van der Waals surface area contributed by atoms with Crippen LogP contribution in [-0.4, -0.2) is 42.8 Å². The highest BCUT2D eigenvalue weighted by Gasteiger charge is 2.41. The number of ketones is 2. The molecule has 7 nitrogen and oxygen atoms in total. The van der Waals surface area contributed by atoms with Crippen molar-refractivity contribution < 1.29 is 19.1 Å². The molecule has 0 bridgehead atoms. The molecule has 32 heavy (non-hydrogen) atoms. The summed E-state index contributed by atoms with van der Waals surface area (Å²) >= 11 is 0. The fourth-order valence-corrected chi connectivity index (χ4v) is 3.95. The van der Waals surface area contributed by atoms with Crippen LogP contribution in [0, 0.1) is 5.92 Å². The minimum Gasteiger partial charge on any atom is -0.383 e. The molecule has 0 saturated heterocycles. The van der Waals surface area contributed by atoms with Crippen LogP contribution in [0.1, 0.15) is 15.9 Å². The lowest BCUT2D eigenvalue weighted by Gasteiger charge is -2.29. The van der Waals surface area contributed by atoms with Crippen LogP contribution in [0.25, 0.3) is 17.0 Å². The van der Waals surface area contributed by atoms with E-state index in [1.807, 2.05) is 24.3 Å². The highest BCUT2D eigenvalue weighted by molar-refractivity contribution is 6.33. The zero-order valence-corrected chi connectivity index (χ0v) is 17.8. The molecular formula is C25H22N2O5. The summed E-state index contributed by atoms with van der Waals surface area (Å²) in [6, 6.07) is 15.8. The van der Waals surface area contributed by atoms with Gasteiger partial charge in [-0.25, -0.2) is 0 Å². The summed E-state index contributed by atoms with van der Waals surface area (Å²) in [5.41, 5.74) is 1.57. The van der Waals surface area contributed by atoms with E-state index in [0.29, 0.717) is 24.4 Å². The first-order valence-electron chi connectivity index (χ1n) is 10.2. The van der Waals surface area contributed by atoms with Gasteiger partial charge in [-0.05, 0) is 41.8 Å². The summed E-state index contributed by atoms with van der Waals surface area (Å²) < 4.78 is 6.71. The van der Waals surface area contributed by atoms with Gasteiger partial charge in [0.2, 0.25) is 5.91 Å². The summed E-state index contributed by atoms with van der Waals surface area (Å²) in [5.74, 6) is -3.23. The summed E-state index contributed by atoms with van der Waals surface area (Å²) in [4.78, 5) is 52.8. The molecule has 1 aliphatic heterocycles. The lowest BCUT2D eigenvalue weighted by molar-refractivity contribution is -0.128. The van der Waals surface area contributed by atoms with Gasteiger partial charge in [0.25, 0.3) is 5.56 Å². The lowest BCUT2D eigenvalue weighted by atomic mass is 9.87. The number of pyridine rings is 1. The van der Waals surface area contributed by atoms with E-state index in [1.54, 1.807) is 42.0 Å². The molecule has 0 fully saturated rings. The van der Waals surface area contributed by atoms with E-state index in [1.165, 1.54) is 18.0 Å². The van der Waals surface area contributed by atoms with Crippen molar-refractivity contribution in [3.05, 3.63) is 82.2 Å². The molecule has 2 heterocycles. The minimum atomic E-state index is -1.46. The molecular weight excluding hydrogens is 408 g/mol. The standard InChI is InChI=1S/C25H22N2O5/c1-26-20-10-6-4-8-18(20)23(29)22(25(26)31)21(28)12-11-17-15-16-7-3-5-9-19(16)27(24(17)30)13-14-32-2/h3-12,15,22H,13-14H2,1-2H3/b12-11+. The molecule has 0 radical (unpaired) electrons. The van der Waals surface area contributed by atoms with Gasteiger partial charge in [0, 0.05) is 31.8 Å². The quantitative estimate of drug-likeness (QED) is 0.443. The lowest BCUT2D eigenvalue weighted by Crippen LogP contribution is -2.45. The van der Waals surface area contributed by atoms with Crippen molar-refractivity contribution in [1.29, 1.82) is 0 Å². The zero-order chi connectivity index (χ0) is 22.8. The van der Waals surface area contributed by atoms with Crippen molar-refractivity contribution in [3.8, 4) is 0 Å². The number of anilines is 1. The van der Waals surface area contributed by atoms with Crippen LogP contribution in [0.3, 0.4) is 0 Å². The van der Waals surface area contributed by atoms with Gasteiger partial charge in [0.15, 0.2) is 17.5 Å². The smallest absolute Gasteiger partial charge is 0.258 e. The Bertz CT molecular complexity index is 1320. The number of carbonyl (C=O) groups is 3. The van der Waals surface area contributed by atoms with Gasteiger partial charge >= 0.3 is 0 Å². The molecule has 3 aromatic rings. The van der Waals surface area contributed by atoms with Crippen molar-refractivity contribution in [2.75, 3.05) is 25.7 Å². The molecule has 1 aliphatic rings. The Labute approximate surface area is 184 Å². The largest absolute Gasteiger partial charge is 0.383 e. The van der Waals surface area contributed by atoms with Crippen LogP contribution in [0.15, 0.2) is 65.5 Å². The fraction of sp³-hybridized carbons (Fsp3) is 0.200. The van der Waals surface area contributed by atoms with E-state index >= 15 is 0 Å². The first-order valence-corrected chi connectivity index (χ1v) is 10.2. The van der Waals surface area contributed by atoms with Crippen LogP contribution >= 0.6 is 0 Å². The number of carbonyl (C=O) groups excluding carboxylic acids is 3. The number of amides is 1. The highest BCUT2D eigenvalue weighted by atomic mass is 16.5. The van der Waals surface area contributed by atoms with E-state index in [9.17, 15) is 19.2 Å². The van der Waals surface area contributed by atoms with Gasteiger partial charge in [-0.2, -0.15) is 0 Å². The molecule has 0 aliphatic carbocycles. The number of fused-ring (bicyclic) bond motifs is 2. The van der Waals surface area contributed by atoms with Crippen LogP contribution in [0.2, 0.25) is 0 Å². The van der Waals surface area contributed by atoms with Crippen LogP contribution in [0.4, 0.5) is 5.69 Å². The number of para-hydroxylation sites is 2. The number of aromatic nitrogens is 1. The number of benzene rings is 2. The van der Waals surface area contributed by atoms with E-state index < -0.39 is 23.4 Å². The number of methoxy groups -OCH3 is 1. The predicted molar refractivity (Wildman–Crippen MR) is 122 cm³/mol. The van der Waals surface area contributed by atoms with Crippen LogP contribution in [0.5, 0.6) is 0 Å². The summed E-state index contributed by atoms with van der Waals surface area (Å²) in [7, 11) is 3.10. The predicted octanol–water partition coefficient (Wildman–Crippen LogP) is 2.71. The third-order valence-corrected chi connectivity index (χ3v) is 5.63. The van der Waals surface area contributed by atoms with Gasteiger partial charge in [0.1, 0.15) is 0 Å². The van der Waals surface area contributed by atoms with Crippen molar-refractivity contribution in [2.24, 2.45) is 5.92 Å². The maximum Gasteiger partial charge on any atom is 0.258 e. The van der Waals surface area contributed by atoms with Gasteiger partial charge in [-0.15, -0.1) is 0 Å². The molecule has 2 aromatic carbocycles. The molecule has 1 atom stereocenters. The zero-order valence-electron chi connectivity index (χ0n) is 17.8. The Morgan fingerprint density at radius 1 is 1.06 bits per heavy atom. The minimum absolute atomic E-state index is 0.284. The second-order valence-electron chi connectivity index (χ2n) is 7.56. The Hall–Kier alpha value is -3.84. The van der Waals surface area contributed by atoms with Gasteiger partial charge in [-0.1, -0.05) is 30.3 Å². The molecule has 1 aromatic heterocycles. The Morgan fingerprint density at radius 3 is 2.56 bits per heavy atom. The number of Topliss-reactive ketones (excluding diaryl/α,β-unsaturated/α-hetero) is 1. The van der Waals surface area contributed by atoms with Crippen LogP contribution in [-0.2, 0) is 20.9 Å². The summed E-state index contributed by atoms with van der Waals surface area (Å²) in [6.07, 6.45) is 2.52. The van der Waals surface area contributed by atoms with Gasteiger partial charge < -0.3 is 14.2 Å². The van der Waals surface area contributed by atoms with E-state index in [2.05, 4.69) is 0 Å². The number of ether oxygens (including phenoxy) is 1. The van der Waals surface area contributed by atoms with Gasteiger partial charge in [-0.3, -0.25) is 19.2 Å². The average Bonchev–Trinajstić information content (AvgIpc) is 2.81. The van der Waals surface area contributed by atoms with Crippen LogP contribution < -0.4 is 10.5 Å². The number of hydrogen-bond donors (Lipinski definition) is 0. The molecule has 0 saturated carbocycles. The molecule has 162 valence electrons. The number of nitrogens with zero attached hydrogens (tertiary/aromatic N) is 2. The number of rotatable bonds is 6. The third-order valence-electron chi connectivity index (χ3n) is 5.63. The fourth-order valence-electron chi connectivity index (χ4n) is 3.95. The SMILES string of the molecule is COCCn1c(=O)c(/C=C/C(=O)C2C(=O)c3ccccc3N(C)C2=O)cc2ccccc21. The van der Waals surface area contributed by atoms with Crippen molar-refractivity contribution in [2.45, 2.75) is 6.54 Å². The third kappa shape index (κ3) is 3.67. The topological polar surface area (TPSA) is 85.7 Å². The summed E-state index contributed by atoms with van der Waals surface area (Å²) in [6.45, 7) is 0.708. The van der Waals surface area contributed by atoms with Crippen molar-refractivity contribution in [1.82, 2.24) is 4.57 Å². The first kappa shape index (κ1) is 21.4. The van der Waals surface area contributed by atoms with E-state index in [0.717, 1.165) is 17.0 Å². The normalized spacial score (nSPS) is 16.1. The maximum atomic E-state index is 13.0. The average molecular weight is 430 g/mol. The molecule has 1 amide bonds. The van der Waals surface area contributed by atoms with E-state index in [-0.39, 0.29) is 11.1 Å².